The minimum absolute atomic E-state index is 0.232. The molecule has 0 saturated carbocycles. The molecule has 1 heterocycles. The summed E-state index contributed by atoms with van der Waals surface area (Å²) in [6.07, 6.45) is 3.73. The van der Waals surface area contributed by atoms with Crippen molar-refractivity contribution >= 4 is 20.8 Å². The normalized spacial score (nSPS) is 12.9. The lowest BCUT2D eigenvalue weighted by Crippen LogP contribution is -2.40. The van der Waals surface area contributed by atoms with Gasteiger partial charge in [0.05, 0.1) is 11.0 Å². The number of aromatic nitrogens is 1. The van der Waals surface area contributed by atoms with Gasteiger partial charge in [-0.3, -0.25) is 4.98 Å². The van der Waals surface area contributed by atoms with E-state index in [1.165, 1.54) is 0 Å². The van der Waals surface area contributed by atoms with Crippen molar-refractivity contribution in [2.45, 2.75) is 24.3 Å². The second-order valence-corrected chi connectivity index (χ2v) is 6.73. The van der Waals surface area contributed by atoms with Gasteiger partial charge in [-0.05, 0) is 30.5 Å². The molecule has 116 valence electrons. The Morgan fingerprint density at radius 1 is 1.32 bits per heavy atom. The fourth-order valence-corrected chi connectivity index (χ4v) is 3.34. The van der Waals surface area contributed by atoms with Gasteiger partial charge in [-0.1, -0.05) is 6.07 Å². The molecule has 0 aliphatic heterocycles. The minimum atomic E-state index is -3.57. The summed E-state index contributed by atoms with van der Waals surface area (Å²) in [5.74, 6) is 0. The molecule has 0 radical (unpaired) electrons. The van der Waals surface area contributed by atoms with Crippen LogP contribution in [0.4, 0.5) is 0 Å². The molecule has 0 aliphatic carbocycles. The van der Waals surface area contributed by atoms with Crippen molar-refractivity contribution in [1.29, 1.82) is 5.26 Å². The molecule has 0 amide bonds. The summed E-state index contributed by atoms with van der Waals surface area (Å²) in [4.78, 5) is 4.24. The summed E-state index contributed by atoms with van der Waals surface area (Å²) in [5, 5.41) is 13.2. The maximum atomic E-state index is 12.4. The molecule has 6 nitrogen and oxygen atoms in total. The lowest BCUT2D eigenvalue weighted by atomic mass is 10.2. The van der Waals surface area contributed by atoms with E-state index in [0.29, 0.717) is 19.5 Å². The van der Waals surface area contributed by atoms with Crippen LogP contribution in [-0.2, 0) is 10.0 Å². The summed E-state index contributed by atoms with van der Waals surface area (Å²) in [5.41, 5.74) is 0. The molecule has 0 bridgehead atoms. The third-order valence-corrected chi connectivity index (χ3v) is 4.73. The van der Waals surface area contributed by atoms with Crippen LogP contribution in [0, 0.1) is 11.3 Å². The second-order valence-electron chi connectivity index (χ2n) is 5.02. The Balaban J connectivity index is 2.06. The van der Waals surface area contributed by atoms with Crippen LogP contribution >= 0.6 is 0 Å². The van der Waals surface area contributed by atoms with Crippen molar-refractivity contribution in [3.8, 4) is 6.07 Å². The maximum Gasteiger partial charge on any atom is 0.240 e. The van der Waals surface area contributed by atoms with Crippen molar-refractivity contribution in [3.05, 3.63) is 36.7 Å². The molecular weight excluding hydrogens is 300 g/mol. The van der Waals surface area contributed by atoms with Crippen LogP contribution in [0.2, 0.25) is 0 Å². The van der Waals surface area contributed by atoms with E-state index in [4.69, 9.17) is 5.26 Å². The highest BCUT2D eigenvalue weighted by atomic mass is 32.2. The van der Waals surface area contributed by atoms with Crippen molar-refractivity contribution in [2.75, 3.05) is 13.1 Å². The fraction of sp³-hybridized carbons (Fsp3) is 0.333. The molecule has 1 unspecified atom stereocenters. The molecule has 7 heteroatoms. The highest BCUT2D eigenvalue weighted by molar-refractivity contribution is 7.89. The first-order chi connectivity index (χ1) is 10.5. The van der Waals surface area contributed by atoms with E-state index < -0.39 is 10.0 Å². The van der Waals surface area contributed by atoms with E-state index in [9.17, 15) is 8.42 Å². The molecule has 1 aromatic heterocycles. The zero-order chi connectivity index (χ0) is 16.0. The van der Waals surface area contributed by atoms with Crippen molar-refractivity contribution in [3.63, 3.8) is 0 Å². The lowest BCUT2D eigenvalue weighted by molar-refractivity contribution is 0.539. The number of pyridine rings is 1. The Labute approximate surface area is 130 Å². The van der Waals surface area contributed by atoms with Crippen LogP contribution in [0.15, 0.2) is 41.6 Å². The molecule has 0 aliphatic rings. The van der Waals surface area contributed by atoms with Gasteiger partial charge in [0.25, 0.3) is 0 Å². The van der Waals surface area contributed by atoms with E-state index >= 15 is 0 Å². The van der Waals surface area contributed by atoms with Crippen LogP contribution in [0.1, 0.15) is 13.3 Å². The number of nitrogens with one attached hydrogen (secondary N) is 2. The van der Waals surface area contributed by atoms with Crippen LogP contribution in [-0.4, -0.2) is 32.5 Å². The number of nitrogens with zero attached hydrogens (tertiary/aromatic N) is 2. The molecule has 0 spiro atoms. The Morgan fingerprint density at radius 2 is 2.14 bits per heavy atom. The highest BCUT2D eigenvalue weighted by Gasteiger charge is 2.17. The Morgan fingerprint density at radius 3 is 2.91 bits per heavy atom. The zero-order valence-corrected chi connectivity index (χ0v) is 13.1. The van der Waals surface area contributed by atoms with Crippen LogP contribution in [0.3, 0.4) is 0 Å². The topological polar surface area (TPSA) is 94.9 Å². The van der Waals surface area contributed by atoms with E-state index in [2.05, 4.69) is 15.0 Å². The van der Waals surface area contributed by atoms with Gasteiger partial charge in [0.2, 0.25) is 10.0 Å². The van der Waals surface area contributed by atoms with Gasteiger partial charge in [0, 0.05) is 43.3 Å². The second kappa shape index (κ2) is 7.31. The predicted molar refractivity (Wildman–Crippen MR) is 84.6 cm³/mol. The summed E-state index contributed by atoms with van der Waals surface area (Å²) >= 11 is 0. The smallest absolute Gasteiger partial charge is 0.240 e. The lowest BCUT2D eigenvalue weighted by Gasteiger charge is -2.15. The monoisotopic (exact) mass is 318 g/mol. The highest BCUT2D eigenvalue weighted by Crippen LogP contribution is 2.18. The van der Waals surface area contributed by atoms with Gasteiger partial charge < -0.3 is 5.32 Å². The predicted octanol–water partition coefficient (Wildman–Crippen LogP) is 1.40. The fourth-order valence-electron chi connectivity index (χ4n) is 2.07. The molecule has 1 atom stereocenters. The summed E-state index contributed by atoms with van der Waals surface area (Å²) in [6, 6.07) is 8.49. The number of hydrogen-bond acceptors (Lipinski definition) is 5. The molecule has 2 N–H and O–H groups in total. The summed E-state index contributed by atoms with van der Waals surface area (Å²) in [7, 11) is -3.57. The molecule has 0 fully saturated rings. The van der Waals surface area contributed by atoms with Gasteiger partial charge in [-0.15, -0.1) is 0 Å². The largest absolute Gasteiger partial charge is 0.314 e. The summed E-state index contributed by atoms with van der Waals surface area (Å²) < 4.78 is 27.4. The molecule has 2 aromatic rings. The SMILES string of the molecule is CC(CNCCC#N)NS(=O)(=O)c1ccc2cnccc2c1. The number of hydrogen-bond donors (Lipinski definition) is 2. The molecule has 0 saturated heterocycles. The first kappa shape index (κ1) is 16.4. The first-order valence-electron chi connectivity index (χ1n) is 6.97. The number of rotatable bonds is 7. The van der Waals surface area contributed by atoms with E-state index in [0.717, 1.165) is 10.8 Å². The minimum Gasteiger partial charge on any atom is -0.314 e. The van der Waals surface area contributed by atoms with E-state index in [1.54, 1.807) is 43.6 Å². The Bertz CT molecular complexity index is 783. The van der Waals surface area contributed by atoms with Gasteiger partial charge in [-0.25, -0.2) is 13.1 Å². The molecule has 1 aromatic carbocycles. The quantitative estimate of drug-likeness (QED) is 0.753. The van der Waals surface area contributed by atoms with Crippen molar-refractivity contribution in [2.24, 2.45) is 0 Å². The average molecular weight is 318 g/mol. The average Bonchev–Trinajstić information content (AvgIpc) is 2.50. The maximum absolute atomic E-state index is 12.4. The van der Waals surface area contributed by atoms with E-state index in [1.807, 2.05) is 6.07 Å². The molecular formula is C15H18N4O2S. The number of benzene rings is 1. The van der Waals surface area contributed by atoms with Crippen LogP contribution in [0.25, 0.3) is 10.8 Å². The van der Waals surface area contributed by atoms with Gasteiger partial charge in [0.15, 0.2) is 0 Å². The van der Waals surface area contributed by atoms with Gasteiger partial charge >= 0.3 is 0 Å². The Kier molecular flexibility index (Phi) is 5.44. The van der Waals surface area contributed by atoms with Gasteiger partial charge in [-0.2, -0.15) is 5.26 Å². The number of nitriles is 1. The number of fused-ring (bicyclic) bond motifs is 1. The Hall–Kier alpha value is -2.01. The van der Waals surface area contributed by atoms with Crippen molar-refractivity contribution < 1.29 is 8.42 Å². The third kappa shape index (κ3) is 4.24. The first-order valence-corrected chi connectivity index (χ1v) is 8.45. The van der Waals surface area contributed by atoms with Crippen LogP contribution < -0.4 is 10.0 Å². The van der Waals surface area contributed by atoms with Crippen LogP contribution in [0.5, 0.6) is 0 Å². The van der Waals surface area contributed by atoms with Crippen molar-refractivity contribution in [1.82, 2.24) is 15.0 Å². The van der Waals surface area contributed by atoms with Gasteiger partial charge in [0.1, 0.15) is 0 Å². The molecule has 22 heavy (non-hydrogen) atoms. The zero-order valence-electron chi connectivity index (χ0n) is 12.3. The third-order valence-electron chi connectivity index (χ3n) is 3.14. The van der Waals surface area contributed by atoms with E-state index in [-0.39, 0.29) is 10.9 Å². The standard InChI is InChI=1S/C15H18N4O2S/c1-12(10-17-7-2-6-16)19-22(20,21)15-4-3-14-11-18-8-5-13(14)9-15/h3-5,8-9,11-12,17,19H,2,7,10H2,1H3. The summed E-state index contributed by atoms with van der Waals surface area (Å²) in [6.45, 7) is 2.80. The molecule has 2 rings (SSSR count). The number of sulfonamides is 1.